The van der Waals surface area contributed by atoms with Gasteiger partial charge in [-0.25, -0.2) is 9.59 Å². The second kappa shape index (κ2) is 7.33. The lowest BCUT2D eigenvalue weighted by molar-refractivity contribution is 0.0735. The predicted molar refractivity (Wildman–Crippen MR) is 109 cm³/mol. The van der Waals surface area contributed by atoms with Crippen LogP contribution in [0.15, 0.2) is 82.0 Å². The molecule has 0 spiro atoms. The Kier molecular flexibility index (Phi) is 4.72. The van der Waals surface area contributed by atoms with Crippen molar-refractivity contribution < 1.29 is 13.9 Å². The van der Waals surface area contributed by atoms with Crippen LogP contribution < -0.4 is 10.4 Å². The van der Waals surface area contributed by atoms with Gasteiger partial charge < -0.3 is 9.15 Å². The van der Waals surface area contributed by atoms with Gasteiger partial charge in [0.05, 0.1) is 16.1 Å². The summed E-state index contributed by atoms with van der Waals surface area (Å²) in [7, 11) is 0. The summed E-state index contributed by atoms with van der Waals surface area (Å²) in [5, 5.41) is 1.02. The number of rotatable bonds is 3. The molecule has 0 bridgehead atoms. The maximum atomic E-state index is 12.5. The molecule has 0 aliphatic rings. The lowest BCUT2D eigenvalue weighted by Crippen LogP contribution is -2.09. The Morgan fingerprint density at radius 3 is 2.43 bits per heavy atom. The van der Waals surface area contributed by atoms with Crippen LogP contribution >= 0.6 is 11.6 Å². The van der Waals surface area contributed by atoms with E-state index in [1.54, 1.807) is 42.5 Å². The van der Waals surface area contributed by atoms with Crippen molar-refractivity contribution in [1.29, 1.82) is 0 Å². The summed E-state index contributed by atoms with van der Waals surface area (Å²) in [4.78, 5) is 24.9. The molecule has 0 saturated carbocycles. The smallest absolute Gasteiger partial charge is 0.345 e. The van der Waals surface area contributed by atoms with Crippen LogP contribution in [-0.4, -0.2) is 5.97 Å². The molecule has 0 atom stereocenters. The Labute approximate surface area is 166 Å². The average Bonchev–Trinajstić information content (AvgIpc) is 2.69. The Morgan fingerprint density at radius 2 is 1.68 bits per heavy atom. The van der Waals surface area contributed by atoms with Gasteiger partial charge >= 0.3 is 11.6 Å². The summed E-state index contributed by atoms with van der Waals surface area (Å²) in [6.07, 6.45) is 0. The van der Waals surface area contributed by atoms with E-state index in [0.717, 1.165) is 11.1 Å². The highest BCUT2D eigenvalue weighted by Crippen LogP contribution is 2.29. The van der Waals surface area contributed by atoms with Crippen LogP contribution in [0.3, 0.4) is 0 Å². The molecule has 0 aliphatic carbocycles. The molecular formula is C23H15ClO4. The summed E-state index contributed by atoms with van der Waals surface area (Å²) in [5.74, 6) is -0.211. The van der Waals surface area contributed by atoms with Gasteiger partial charge in [-0.05, 0) is 48.4 Å². The molecule has 0 aliphatic heterocycles. The number of carbonyl (C=O) groups is 1. The van der Waals surface area contributed by atoms with Crippen LogP contribution in [-0.2, 0) is 0 Å². The van der Waals surface area contributed by atoms with Gasteiger partial charge in [0.15, 0.2) is 0 Å². The topological polar surface area (TPSA) is 56.5 Å². The van der Waals surface area contributed by atoms with Gasteiger partial charge in [0, 0.05) is 5.39 Å². The molecule has 28 heavy (non-hydrogen) atoms. The number of ether oxygens (including phenoxy) is 1. The zero-order valence-corrected chi connectivity index (χ0v) is 15.7. The molecule has 4 rings (SSSR count). The van der Waals surface area contributed by atoms with E-state index in [4.69, 9.17) is 20.8 Å². The fraction of sp³-hybridized carbons (Fsp3) is 0.0435. The molecule has 5 heteroatoms. The van der Waals surface area contributed by atoms with E-state index < -0.39 is 11.6 Å². The second-order valence-corrected chi connectivity index (χ2v) is 6.69. The van der Waals surface area contributed by atoms with Gasteiger partial charge in [0.2, 0.25) is 0 Å². The van der Waals surface area contributed by atoms with Crippen LogP contribution in [0.4, 0.5) is 0 Å². The zero-order chi connectivity index (χ0) is 19.7. The van der Waals surface area contributed by atoms with Gasteiger partial charge in [-0.1, -0.05) is 54.1 Å². The van der Waals surface area contributed by atoms with Crippen LogP contribution in [0.1, 0.15) is 15.9 Å². The molecule has 1 heterocycles. The van der Waals surface area contributed by atoms with Crippen molar-refractivity contribution in [3.8, 4) is 16.9 Å². The second-order valence-electron chi connectivity index (χ2n) is 6.28. The number of hydrogen-bond acceptors (Lipinski definition) is 4. The van der Waals surface area contributed by atoms with Crippen LogP contribution in [0.2, 0.25) is 5.02 Å². The van der Waals surface area contributed by atoms with Gasteiger partial charge in [-0.15, -0.1) is 0 Å². The van der Waals surface area contributed by atoms with Crippen LogP contribution in [0, 0.1) is 6.92 Å². The van der Waals surface area contributed by atoms with E-state index in [9.17, 15) is 9.59 Å². The third-order valence-corrected chi connectivity index (χ3v) is 4.83. The van der Waals surface area contributed by atoms with Crippen molar-refractivity contribution in [3.05, 3.63) is 99.4 Å². The summed E-state index contributed by atoms with van der Waals surface area (Å²) in [6.45, 7) is 1.85. The highest BCUT2D eigenvalue weighted by atomic mass is 35.5. The van der Waals surface area contributed by atoms with E-state index in [1.165, 1.54) is 0 Å². The third kappa shape index (κ3) is 3.30. The number of esters is 1. The Morgan fingerprint density at radius 1 is 0.964 bits per heavy atom. The lowest BCUT2D eigenvalue weighted by Gasteiger charge is -2.10. The predicted octanol–water partition coefficient (Wildman–Crippen LogP) is 5.64. The Balaban J connectivity index is 1.78. The standard InChI is InChI=1S/C23H15ClO4/c1-14-18-13-16(27-22(25)17-9-5-6-10-19(17)24)11-12-20(18)28-23(26)21(14)15-7-3-2-4-8-15/h2-13H,1H3. The number of hydrogen-bond donors (Lipinski definition) is 0. The van der Waals surface area contributed by atoms with E-state index >= 15 is 0 Å². The number of halogens is 1. The molecule has 0 saturated heterocycles. The molecule has 0 radical (unpaired) electrons. The van der Waals surface area contributed by atoms with E-state index in [1.807, 2.05) is 37.3 Å². The first-order valence-corrected chi connectivity index (χ1v) is 9.02. The Bertz CT molecular complexity index is 1240. The van der Waals surface area contributed by atoms with Crippen LogP contribution in [0.25, 0.3) is 22.1 Å². The molecule has 3 aromatic carbocycles. The number of benzene rings is 3. The van der Waals surface area contributed by atoms with E-state index in [-0.39, 0.29) is 5.56 Å². The normalized spacial score (nSPS) is 10.8. The van der Waals surface area contributed by atoms with Crippen LogP contribution in [0.5, 0.6) is 5.75 Å². The van der Waals surface area contributed by atoms with Crippen molar-refractivity contribution in [3.63, 3.8) is 0 Å². The van der Waals surface area contributed by atoms with Crippen molar-refractivity contribution in [2.45, 2.75) is 6.92 Å². The summed E-state index contributed by atoms with van der Waals surface area (Å²) in [5.41, 5.74) is 2.33. The van der Waals surface area contributed by atoms with Crippen molar-refractivity contribution >= 4 is 28.5 Å². The first-order valence-electron chi connectivity index (χ1n) is 8.64. The monoisotopic (exact) mass is 390 g/mol. The highest BCUT2D eigenvalue weighted by Gasteiger charge is 2.16. The lowest BCUT2D eigenvalue weighted by atomic mass is 9.99. The quantitative estimate of drug-likeness (QED) is 0.258. The minimum atomic E-state index is -0.553. The average molecular weight is 391 g/mol. The highest BCUT2D eigenvalue weighted by molar-refractivity contribution is 6.33. The zero-order valence-electron chi connectivity index (χ0n) is 14.9. The molecule has 0 unspecified atom stereocenters. The molecule has 4 nitrogen and oxygen atoms in total. The molecule has 4 aromatic rings. The summed E-state index contributed by atoms with van der Waals surface area (Å²) in [6, 6.07) is 20.9. The molecule has 0 N–H and O–H groups in total. The fourth-order valence-corrected chi connectivity index (χ4v) is 3.33. The first-order chi connectivity index (χ1) is 13.5. The number of aryl methyl sites for hydroxylation is 1. The molecular weight excluding hydrogens is 376 g/mol. The van der Waals surface area contributed by atoms with E-state index in [2.05, 4.69) is 0 Å². The SMILES string of the molecule is Cc1c(-c2ccccc2)c(=O)oc2ccc(OC(=O)c3ccccc3Cl)cc12. The molecule has 0 amide bonds. The van der Waals surface area contributed by atoms with Crippen molar-refractivity contribution in [1.82, 2.24) is 0 Å². The minimum absolute atomic E-state index is 0.283. The number of carbonyl (C=O) groups excluding carboxylic acids is 1. The summed E-state index contributed by atoms with van der Waals surface area (Å²) < 4.78 is 11.0. The molecule has 138 valence electrons. The Hall–Kier alpha value is -3.37. The molecule has 1 aromatic heterocycles. The van der Waals surface area contributed by atoms with E-state index in [0.29, 0.717) is 27.3 Å². The first kappa shape index (κ1) is 18.0. The minimum Gasteiger partial charge on any atom is -0.423 e. The maximum absolute atomic E-state index is 12.5. The maximum Gasteiger partial charge on any atom is 0.345 e. The largest absolute Gasteiger partial charge is 0.423 e. The van der Waals surface area contributed by atoms with Gasteiger partial charge in [0.1, 0.15) is 11.3 Å². The van der Waals surface area contributed by atoms with Gasteiger partial charge in [0.25, 0.3) is 0 Å². The van der Waals surface area contributed by atoms with Crippen molar-refractivity contribution in [2.24, 2.45) is 0 Å². The van der Waals surface area contributed by atoms with Gasteiger partial charge in [-0.2, -0.15) is 0 Å². The molecule has 0 fully saturated rings. The van der Waals surface area contributed by atoms with Crippen molar-refractivity contribution in [2.75, 3.05) is 0 Å². The van der Waals surface area contributed by atoms with Gasteiger partial charge in [-0.3, -0.25) is 0 Å². The number of fused-ring (bicyclic) bond motifs is 1. The fourth-order valence-electron chi connectivity index (χ4n) is 3.12. The third-order valence-electron chi connectivity index (χ3n) is 4.50. The summed E-state index contributed by atoms with van der Waals surface area (Å²) >= 11 is 6.06.